The molecule has 0 unspecified atom stereocenters. The molecule has 1 aliphatic rings. The summed E-state index contributed by atoms with van der Waals surface area (Å²) in [5.74, 6) is 0. The first-order chi connectivity index (χ1) is 9.33. The van der Waals surface area contributed by atoms with Crippen molar-refractivity contribution in [3.05, 3.63) is 48.0 Å². The van der Waals surface area contributed by atoms with E-state index in [1.165, 1.54) is 10.8 Å². The van der Waals surface area contributed by atoms with Gasteiger partial charge in [-0.05, 0) is 35.4 Å². The molecule has 3 nitrogen and oxygen atoms in total. The minimum Gasteiger partial charge on any atom is -0.391 e. The van der Waals surface area contributed by atoms with E-state index in [9.17, 15) is 5.11 Å². The predicted molar refractivity (Wildman–Crippen MR) is 78.8 cm³/mol. The maximum atomic E-state index is 9.86. The SMILES string of the molecule is O[C@H]1CCNC[C@@H]1N=Cc1ccc2ccccc2c1. The van der Waals surface area contributed by atoms with Crippen LogP contribution >= 0.6 is 0 Å². The summed E-state index contributed by atoms with van der Waals surface area (Å²) >= 11 is 0. The molecule has 19 heavy (non-hydrogen) atoms. The van der Waals surface area contributed by atoms with E-state index in [1.54, 1.807) is 0 Å². The van der Waals surface area contributed by atoms with Gasteiger partial charge in [-0.25, -0.2) is 0 Å². The molecule has 0 bridgehead atoms. The molecule has 1 fully saturated rings. The average Bonchev–Trinajstić information content (AvgIpc) is 2.46. The zero-order valence-electron chi connectivity index (χ0n) is 10.8. The highest BCUT2D eigenvalue weighted by molar-refractivity contribution is 5.90. The third-order valence-corrected chi connectivity index (χ3v) is 3.60. The van der Waals surface area contributed by atoms with Gasteiger partial charge in [-0.2, -0.15) is 0 Å². The van der Waals surface area contributed by atoms with Gasteiger partial charge in [0.1, 0.15) is 0 Å². The van der Waals surface area contributed by atoms with Crippen LogP contribution in [0, 0.1) is 0 Å². The van der Waals surface area contributed by atoms with Gasteiger partial charge < -0.3 is 10.4 Å². The van der Waals surface area contributed by atoms with Crippen LogP contribution in [0.1, 0.15) is 12.0 Å². The van der Waals surface area contributed by atoms with Gasteiger partial charge in [-0.3, -0.25) is 4.99 Å². The molecule has 0 aromatic heterocycles. The normalized spacial score (nSPS) is 24.1. The zero-order valence-corrected chi connectivity index (χ0v) is 10.8. The molecule has 0 radical (unpaired) electrons. The number of aliphatic hydroxyl groups excluding tert-OH is 1. The van der Waals surface area contributed by atoms with Gasteiger partial charge in [0.15, 0.2) is 0 Å². The summed E-state index contributed by atoms with van der Waals surface area (Å²) in [6, 6.07) is 14.6. The minimum atomic E-state index is -0.321. The van der Waals surface area contributed by atoms with Crippen LogP contribution in [0.25, 0.3) is 10.8 Å². The number of hydrogen-bond acceptors (Lipinski definition) is 3. The topological polar surface area (TPSA) is 44.6 Å². The Morgan fingerprint density at radius 1 is 1.16 bits per heavy atom. The van der Waals surface area contributed by atoms with Crippen molar-refractivity contribution in [2.45, 2.75) is 18.6 Å². The highest BCUT2D eigenvalue weighted by Gasteiger charge is 2.20. The van der Waals surface area contributed by atoms with E-state index in [0.717, 1.165) is 25.1 Å². The van der Waals surface area contributed by atoms with E-state index in [1.807, 2.05) is 18.3 Å². The largest absolute Gasteiger partial charge is 0.391 e. The first kappa shape index (κ1) is 12.3. The molecule has 3 rings (SSSR count). The van der Waals surface area contributed by atoms with E-state index in [4.69, 9.17) is 0 Å². The van der Waals surface area contributed by atoms with E-state index < -0.39 is 0 Å². The van der Waals surface area contributed by atoms with Crippen molar-refractivity contribution in [2.24, 2.45) is 4.99 Å². The lowest BCUT2D eigenvalue weighted by molar-refractivity contribution is 0.117. The van der Waals surface area contributed by atoms with Crippen molar-refractivity contribution in [3.8, 4) is 0 Å². The van der Waals surface area contributed by atoms with Gasteiger partial charge in [0.25, 0.3) is 0 Å². The van der Waals surface area contributed by atoms with Crippen LogP contribution in [0.15, 0.2) is 47.5 Å². The second-order valence-corrected chi connectivity index (χ2v) is 5.01. The summed E-state index contributed by atoms with van der Waals surface area (Å²) in [7, 11) is 0. The molecule has 1 aliphatic heterocycles. The summed E-state index contributed by atoms with van der Waals surface area (Å²) < 4.78 is 0. The Kier molecular flexibility index (Phi) is 3.58. The lowest BCUT2D eigenvalue weighted by atomic mass is 10.0. The van der Waals surface area contributed by atoms with Gasteiger partial charge in [-0.1, -0.05) is 36.4 Å². The number of nitrogens with zero attached hydrogens (tertiary/aromatic N) is 1. The van der Waals surface area contributed by atoms with Crippen LogP contribution in [-0.4, -0.2) is 36.6 Å². The summed E-state index contributed by atoms with van der Waals surface area (Å²) in [4.78, 5) is 4.50. The summed E-state index contributed by atoms with van der Waals surface area (Å²) in [5.41, 5.74) is 1.08. The monoisotopic (exact) mass is 254 g/mol. The second-order valence-electron chi connectivity index (χ2n) is 5.01. The van der Waals surface area contributed by atoms with Crippen molar-refractivity contribution < 1.29 is 5.11 Å². The number of piperidine rings is 1. The van der Waals surface area contributed by atoms with Crippen molar-refractivity contribution in [3.63, 3.8) is 0 Å². The molecule has 0 aliphatic carbocycles. The predicted octanol–water partition coefficient (Wildman–Crippen LogP) is 1.98. The average molecular weight is 254 g/mol. The fourth-order valence-corrected chi connectivity index (χ4v) is 2.45. The quantitative estimate of drug-likeness (QED) is 0.805. The molecule has 0 amide bonds. The fourth-order valence-electron chi connectivity index (χ4n) is 2.45. The standard InChI is InChI=1S/C16H18N2O/c19-16-7-8-17-11-15(16)18-10-12-5-6-13-3-1-2-4-14(13)9-12/h1-6,9-10,15-17,19H,7-8,11H2/t15-,16-/m0/s1. The van der Waals surface area contributed by atoms with E-state index >= 15 is 0 Å². The van der Waals surface area contributed by atoms with Crippen molar-refractivity contribution in [1.29, 1.82) is 0 Å². The van der Waals surface area contributed by atoms with Crippen LogP contribution < -0.4 is 5.32 Å². The van der Waals surface area contributed by atoms with E-state index in [0.29, 0.717) is 0 Å². The Hall–Kier alpha value is -1.71. The molecule has 1 saturated heterocycles. The number of benzene rings is 2. The third kappa shape index (κ3) is 2.83. The zero-order chi connectivity index (χ0) is 13.1. The summed E-state index contributed by atoms with van der Waals surface area (Å²) in [6.45, 7) is 1.63. The molecule has 0 spiro atoms. The Labute approximate surface area is 113 Å². The smallest absolute Gasteiger partial charge is 0.0883 e. The van der Waals surface area contributed by atoms with Crippen LogP contribution in [-0.2, 0) is 0 Å². The Morgan fingerprint density at radius 2 is 2.00 bits per heavy atom. The number of aliphatic hydroxyl groups is 1. The maximum absolute atomic E-state index is 9.86. The van der Waals surface area contributed by atoms with Gasteiger partial charge in [0, 0.05) is 12.8 Å². The van der Waals surface area contributed by atoms with Crippen LogP contribution in [0.5, 0.6) is 0 Å². The molecule has 2 aromatic rings. The Balaban J connectivity index is 1.80. The number of aliphatic imine (C=N–C) groups is 1. The molecule has 98 valence electrons. The van der Waals surface area contributed by atoms with Crippen molar-refractivity contribution >= 4 is 17.0 Å². The van der Waals surface area contributed by atoms with E-state index in [2.05, 4.69) is 40.6 Å². The maximum Gasteiger partial charge on any atom is 0.0883 e. The molecule has 1 heterocycles. The molecule has 3 heteroatoms. The van der Waals surface area contributed by atoms with Gasteiger partial charge in [0.05, 0.1) is 12.1 Å². The lowest BCUT2D eigenvalue weighted by Crippen LogP contribution is -2.42. The molecule has 2 atom stereocenters. The van der Waals surface area contributed by atoms with Crippen molar-refractivity contribution in [1.82, 2.24) is 5.32 Å². The van der Waals surface area contributed by atoms with Gasteiger partial charge >= 0.3 is 0 Å². The first-order valence-electron chi connectivity index (χ1n) is 6.74. The fraction of sp³-hybridized carbons (Fsp3) is 0.312. The number of fused-ring (bicyclic) bond motifs is 1. The summed E-state index contributed by atoms with van der Waals surface area (Å²) in [6.07, 6.45) is 2.32. The number of nitrogens with one attached hydrogen (secondary N) is 1. The highest BCUT2D eigenvalue weighted by atomic mass is 16.3. The number of rotatable bonds is 2. The van der Waals surface area contributed by atoms with Gasteiger partial charge in [0.2, 0.25) is 0 Å². The molecule has 0 saturated carbocycles. The van der Waals surface area contributed by atoms with Crippen LogP contribution in [0.2, 0.25) is 0 Å². The highest BCUT2D eigenvalue weighted by Crippen LogP contribution is 2.15. The van der Waals surface area contributed by atoms with Crippen LogP contribution in [0.4, 0.5) is 0 Å². The molecular weight excluding hydrogens is 236 g/mol. The Bertz CT molecular complexity index is 594. The molecule has 2 aromatic carbocycles. The van der Waals surface area contributed by atoms with E-state index in [-0.39, 0.29) is 12.1 Å². The van der Waals surface area contributed by atoms with Gasteiger partial charge in [-0.15, -0.1) is 0 Å². The third-order valence-electron chi connectivity index (χ3n) is 3.60. The Morgan fingerprint density at radius 3 is 2.84 bits per heavy atom. The van der Waals surface area contributed by atoms with Crippen LogP contribution in [0.3, 0.4) is 0 Å². The first-order valence-corrected chi connectivity index (χ1v) is 6.74. The molecular formula is C16H18N2O. The molecule has 2 N–H and O–H groups in total. The lowest BCUT2D eigenvalue weighted by Gasteiger charge is -2.24. The summed E-state index contributed by atoms with van der Waals surface area (Å²) in [5, 5.41) is 15.6. The number of hydrogen-bond donors (Lipinski definition) is 2. The minimum absolute atomic E-state index is 0.0276. The second kappa shape index (κ2) is 5.51. The van der Waals surface area contributed by atoms with Crippen molar-refractivity contribution in [2.75, 3.05) is 13.1 Å².